The Morgan fingerprint density at radius 2 is 1.90 bits per heavy atom. The molecule has 3 aliphatic rings. The van der Waals surface area contributed by atoms with Crippen LogP contribution < -0.4 is 14.4 Å². The Morgan fingerprint density at radius 1 is 1.17 bits per heavy atom. The van der Waals surface area contributed by atoms with Crippen LogP contribution in [-0.4, -0.2) is 119 Å². The molecule has 0 saturated carbocycles. The van der Waals surface area contributed by atoms with Crippen molar-refractivity contribution >= 4 is 21.7 Å². The van der Waals surface area contributed by atoms with E-state index in [4.69, 9.17) is 9.47 Å². The monoisotopic (exact) mass is 754 g/mol. The van der Waals surface area contributed by atoms with Crippen molar-refractivity contribution in [2.24, 2.45) is 12.5 Å². The molecule has 1 spiro atoms. The Kier molecular flexibility index (Phi) is 10.8. The number of carbonyl (C=O) groups is 1. The van der Waals surface area contributed by atoms with Crippen molar-refractivity contribution in [3.05, 3.63) is 54.1 Å². The third-order valence-electron chi connectivity index (χ3n) is 9.78. The highest BCUT2D eigenvalue weighted by Crippen LogP contribution is 2.45. The largest absolute Gasteiger partial charge is 0.451 e. The van der Waals surface area contributed by atoms with E-state index in [1.165, 1.54) is 25.6 Å². The van der Waals surface area contributed by atoms with Gasteiger partial charge in [0.2, 0.25) is 5.03 Å². The molecule has 0 unspecified atom stereocenters. The summed E-state index contributed by atoms with van der Waals surface area (Å²) in [6, 6.07) is 2.15. The van der Waals surface area contributed by atoms with Crippen LogP contribution in [0.4, 0.5) is 23.4 Å². The minimum absolute atomic E-state index is 0.0143. The lowest BCUT2D eigenvalue weighted by molar-refractivity contribution is -0.239. The van der Waals surface area contributed by atoms with Crippen molar-refractivity contribution in [3.8, 4) is 11.5 Å². The van der Waals surface area contributed by atoms with Crippen molar-refractivity contribution in [2.45, 2.75) is 68.9 Å². The normalized spacial score (nSPS) is 22.2. The molecule has 52 heavy (non-hydrogen) atoms. The highest BCUT2D eigenvalue weighted by Gasteiger charge is 2.47. The zero-order valence-corrected chi connectivity index (χ0v) is 29.8. The van der Waals surface area contributed by atoms with Gasteiger partial charge in [0.05, 0.1) is 37.7 Å². The highest BCUT2D eigenvalue weighted by molar-refractivity contribution is 7.89. The highest BCUT2D eigenvalue weighted by atomic mass is 32.2. The Labute approximate surface area is 298 Å². The van der Waals surface area contributed by atoms with E-state index < -0.39 is 63.4 Å². The number of aliphatic hydroxyl groups is 1. The molecule has 1 aromatic carbocycles. The first-order valence-electron chi connectivity index (χ1n) is 17.0. The summed E-state index contributed by atoms with van der Waals surface area (Å²) in [6.07, 6.45) is 3.12. The average Bonchev–Trinajstić information content (AvgIpc) is 3.43. The van der Waals surface area contributed by atoms with Crippen LogP contribution in [0.25, 0.3) is 0 Å². The molecular formula is C33H42F4N8O6S. The molecule has 0 bridgehead atoms. The third-order valence-corrected chi connectivity index (χ3v) is 11.2. The number of alkyl halides is 2. The summed E-state index contributed by atoms with van der Waals surface area (Å²) >= 11 is 0. The van der Waals surface area contributed by atoms with E-state index >= 15 is 0 Å². The summed E-state index contributed by atoms with van der Waals surface area (Å²) < 4.78 is 95.4. The molecule has 0 aliphatic carbocycles. The first kappa shape index (κ1) is 37.8. The van der Waals surface area contributed by atoms with Crippen molar-refractivity contribution < 1.29 is 45.4 Å². The van der Waals surface area contributed by atoms with E-state index in [2.05, 4.69) is 24.7 Å². The molecule has 14 nitrogen and oxygen atoms in total. The summed E-state index contributed by atoms with van der Waals surface area (Å²) in [5, 5.41) is 14.2. The van der Waals surface area contributed by atoms with E-state index in [1.807, 2.05) is 4.90 Å². The number of nitrogens with zero attached hydrogens (tertiary/aromatic N) is 7. The lowest BCUT2D eigenvalue weighted by atomic mass is 9.72. The van der Waals surface area contributed by atoms with Gasteiger partial charge in [0.25, 0.3) is 22.4 Å². The number of aryl methyl sites for hydroxylation is 1. The van der Waals surface area contributed by atoms with Crippen molar-refractivity contribution in [1.82, 2.24) is 34.3 Å². The van der Waals surface area contributed by atoms with Gasteiger partial charge < -0.3 is 24.4 Å². The fraction of sp³-hybridized carbons (Fsp3) is 0.576. The summed E-state index contributed by atoms with van der Waals surface area (Å²) in [6.45, 7) is 5.22. The van der Waals surface area contributed by atoms with Crippen LogP contribution in [0.15, 0.2) is 41.9 Å². The standard InChI is InChI=1S/C33H42F4N8O6S/c1-21(2)45(15-28(36)37)31(46)24-12-22(34)4-5-26(24)51-27-13-38-20-39-29(27)44-17-32(18-44)8-10-43(11-9-32)19-33(47)7-6-23(16-50-33)41-52(48,49)30-25(35)14-42(3)40-30/h4-5,12-14,20-21,23,28,41,47H,6-11,15-19H2,1-3H3/t23-,33-/m1/s1. The van der Waals surface area contributed by atoms with E-state index in [9.17, 15) is 35.9 Å². The summed E-state index contributed by atoms with van der Waals surface area (Å²) in [4.78, 5) is 26.9. The molecule has 6 rings (SSSR count). The van der Waals surface area contributed by atoms with Gasteiger partial charge in [-0.25, -0.2) is 40.7 Å². The molecule has 284 valence electrons. The lowest BCUT2D eigenvalue weighted by Crippen LogP contribution is -2.62. The first-order valence-corrected chi connectivity index (χ1v) is 18.5. The van der Waals surface area contributed by atoms with Crippen LogP contribution in [0.2, 0.25) is 0 Å². The number of hydrogen-bond donors (Lipinski definition) is 2. The van der Waals surface area contributed by atoms with Crippen molar-refractivity contribution in [1.29, 1.82) is 0 Å². The van der Waals surface area contributed by atoms with Crippen LogP contribution in [0.1, 0.15) is 49.9 Å². The minimum atomic E-state index is -4.20. The van der Waals surface area contributed by atoms with Crippen molar-refractivity contribution in [3.63, 3.8) is 0 Å². The number of sulfonamides is 1. The molecule has 19 heteroatoms. The average molecular weight is 755 g/mol. The maximum Gasteiger partial charge on any atom is 0.263 e. The number of β-amino-alcohol motifs (C(OH)–C–C–N with tert-alkyl or cyclic N) is 1. The van der Waals surface area contributed by atoms with Gasteiger partial charge in [0.15, 0.2) is 23.2 Å². The van der Waals surface area contributed by atoms with E-state index in [-0.39, 0.29) is 42.0 Å². The van der Waals surface area contributed by atoms with Crippen LogP contribution in [0.5, 0.6) is 11.5 Å². The maximum atomic E-state index is 14.3. The molecule has 3 fully saturated rings. The Morgan fingerprint density at radius 3 is 2.52 bits per heavy atom. The zero-order chi connectivity index (χ0) is 37.4. The van der Waals surface area contributed by atoms with Gasteiger partial charge in [-0.1, -0.05) is 0 Å². The zero-order valence-electron chi connectivity index (χ0n) is 29.0. The third kappa shape index (κ3) is 8.33. The quantitative estimate of drug-likeness (QED) is 0.262. The Bertz CT molecular complexity index is 1860. The van der Waals surface area contributed by atoms with Crippen LogP contribution in [0.3, 0.4) is 0 Å². The second kappa shape index (κ2) is 14.8. The number of amides is 1. The number of hydrogen-bond acceptors (Lipinski definition) is 11. The molecule has 3 saturated heterocycles. The summed E-state index contributed by atoms with van der Waals surface area (Å²) in [5.74, 6) is -3.24. The molecule has 3 aromatic rings. The van der Waals surface area contributed by atoms with Crippen LogP contribution >= 0.6 is 0 Å². The molecule has 2 N–H and O–H groups in total. The maximum absolute atomic E-state index is 14.3. The number of aromatic nitrogens is 4. The molecule has 2 aromatic heterocycles. The van der Waals surface area contributed by atoms with Gasteiger partial charge in [0.1, 0.15) is 17.9 Å². The van der Waals surface area contributed by atoms with E-state index in [1.54, 1.807) is 13.8 Å². The Hall–Kier alpha value is -3.91. The minimum Gasteiger partial charge on any atom is -0.451 e. The molecule has 0 radical (unpaired) electrons. The van der Waals surface area contributed by atoms with Crippen LogP contribution in [0, 0.1) is 17.0 Å². The van der Waals surface area contributed by atoms with Gasteiger partial charge in [0, 0.05) is 44.1 Å². The van der Waals surface area contributed by atoms with E-state index in [0.717, 1.165) is 40.8 Å². The number of benzene rings is 1. The number of likely N-dealkylation sites (tertiary alicyclic amines) is 1. The molecule has 5 heterocycles. The SMILES string of the molecule is CC(C)N(CC(F)F)C(=O)c1cc(F)ccc1Oc1cncnc1N1CC2(CCN(C[C@@]3(O)CC[C@@H](NS(=O)(=O)c4nn(C)cc4F)CO3)CC2)C1. The molecular weight excluding hydrogens is 712 g/mol. The lowest BCUT2D eigenvalue weighted by Gasteiger charge is -2.55. The number of ether oxygens (including phenoxy) is 2. The van der Waals surface area contributed by atoms with Gasteiger partial charge in [-0.2, -0.15) is 5.10 Å². The predicted octanol–water partition coefficient (Wildman–Crippen LogP) is 3.14. The first-order chi connectivity index (χ1) is 24.6. The van der Waals surface area contributed by atoms with Crippen LogP contribution in [-0.2, 0) is 21.8 Å². The topological polar surface area (TPSA) is 155 Å². The number of halogens is 4. The summed E-state index contributed by atoms with van der Waals surface area (Å²) in [5.41, 5.74) is -0.222. The predicted molar refractivity (Wildman–Crippen MR) is 178 cm³/mol. The van der Waals surface area contributed by atoms with E-state index in [0.29, 0.717) is 38.4 Å². The molecule has 3 aliphatic heterocycles. The second-order valence-corrected chi connectivity index (χ2v) is 15.7. The fourth-order valence-corrected chi connectivity index (χ4v) is 8.30. The fourth-order valence-electron chi connectivity index (χ4n) is 7.02. The van der Waals surface area contributed by atoms with Gasteiger partial charge in [-0.05, 0) is 64.4 Å². The number of nitrogens with one attached hydrogen (secondary N) is 1. The smallest absolute Gasteiger partial charge is 0.263 e. The van der Waals surface area contributed by atoms with Gasteiger partial charge in [-0.15, -0.1) is 0 Å². The molecule has 1 amide bonds. The summed E-state index contributed by atoms with van der Waals surface area (Å²) in [7, 11) is -2.78. The number of rotatable bonds is 12. The van der Waals surface area contributed by atoms with Crippen molar-refractivity contribution in [2.75, 3.05) is 50.8 Å². The number of anilines is 1. The second-order valence-electron chi connectivity index (χ2n) is 14.1. The number of carbonyl (C=O) groups excluding carboxylic acids is 1. The molecule has 2 atom stereocenters. The van der Waals surface area contributed by atoms with Gasteiger partial charge in [-0.3, -0.25) is 14.4 Å². The number of piperidine rings is 1. The Balaban J connectivity index is 1.03. The van der Waals surface area contributed by atoms with Gasteiger partial charge >= 0.3 is 0 Å².